The van der Waals surface area contributed by atoms with Gasteiger partial charge in [-0.1, -0.05) is 18.2 Å². The summed E-state index contributed by atoms with van der Waals surface area (Å²) in [5, 5.41) is 0. The van der Waals surface area contributed by atoms with Gasteiger partial charge in [0, 0.05) is 43.9 Å². The normalized spacial score (nSPS) is 44.9. The van der Waals surface area contributed by atoms with Gasteiger partial charge in [-0.05, 0) is 24.5 Å². The smallest absolute Gasteiger partial charge is 0.230 e. The molecular weight excluding hydrogens is 382 g/mol. The van der Waals surface area contributed by atoms with Gasteiger partial charge in [-0.2, -0.15) is 0 Å². The number of hydrogen-bond donors (Lipinski definition) is 0. The highest BCUT2D eigenvalue weighted by atomic mass is 16.5. The predicted octanol–water partition coefficient (Wildman–Crippen LogP) is 0.999. The number of nitrogens with zero attached hydrogens (tertiary/aromatic N) is 3. The zero-order valence-electron chi connectivity index (χ0n) is 16.7. The lowest BCUT2D eigenvalue weighted by molar-refractivity contribution is -0.143. The maximum atomic E-state index is 13.6. The first-order chi connectivity index (χ1) is 14.6. The van der Waals surface area contributed by atoms with Crippen LogP contribution in [0.1, 0.15) is 18.4 Å². The zero-order valence-corrected chi connectivity index (χ0v) is 16.7. The van der Waals surface area contributed by atoms with E-state index in [0.717, 1.165) is 31.5 Å². The zero-order chi connectivity index (χ0) is 20.0. The molecule has 7 nitrogen and oxygen atoms in total. The van der Waals surface area contributed by atoms with Crippen LogP contribution in [0.4, 0.5) is 0 Å². The van der Waals surface area contributed by atoms with E-state index in [0.29, 0.717) is 37.1 Å². The first-order valence-corrected chi connectivity index (χ1v) is 11.1. The van der Waals surface area contributed by atoms with Gasteiger partial charge in [0.25, 0.3) is 0 Å². The van der Waals surface area contributed by atoms with Gasteiger partial charge < -0.3 is 19.3 Å². The van der Waals surface area contributed by atoms with E-state index in [4.69, 9.17) is 9.47 Å². The van der Waals surface area contributed by atoms with Crippen molar-refractivity contribution in [2.45, 2.75) is 43.3 Å². The van der Waals surface area contributed by atoms with Gasteiger partial charge in [0.2, 0.25) is 11.8 Å². The maximum Gasteiger partial charge on any atom is 0.230 e. The van der Waals surface area contributed by atoms with Crippen LogP contribution in [-0.4, -0.2) is 70.1 Å². The van der Waals surface area contributed by atoms with Gasteiger partial charge in [0.05, 0.1) is 36.7 Å². The number of ether oxygens (including phenoxy) is 2. The minimum atomic E-state index is -0.651. The van der Waals surface area contributed by atoms with Crippen molar-refractivity contribution in [3.05, 3.63) is 42.2 Å². The fourth-order valence-electron chi connectivity index (χ4n) is 7.06. The van der Waals surface area contributed by atoms with Crippen LogP contribution in [0.15, 0.2) is 36.7 Å². The number of hydrogen-bond acceptors (Lipinski definition) is 5. The Morgan fingerprint density at radius 1 is 1.23 bits per heavy atom. The van der Waals surface area contributed by atoms with Gasteiger partial charge in [-0.3, -0.25) is 14.6 Å². The van der Waals surface area contributed by atoms with Crippen LogP contribution >= 0.6 is 0 Å². The van der Waals surface area contributed by atoms with E-state index in [1.165, 1.54) is 0 Å². The monoisotopic (exact) mass is 407 g/mol. The highest BCUT2D eigenvalue weighted by Gasteiger charge is 2.67. The summed E-state index contributed by atoms with van der Waals surface area (Å²) >= 11 is 0. The van der Waals surface area contributed by atoms with Gasteiger partial charge in [0.1, 0.15) is 5.60 Å². The number of fused-ring (bicyclic) bond motifs is 6. The number of rotatable bonds is 3. The van der Waals surface area contributed by atoms with Crippen LogP contribution in [0.3, 0.4) is 0 Å². The molecule has 0 aliphatic carbocycles. The molecule has 156 valence electrons. The molecule has 0 unspecified atom stereocenters. The third-order valence-corrected chi connectivity index (χ3v) is 8.32. The van der Waals surface area contributed by atoms with Crippen LogP contribution < -0.4 is 0 Å². The van der Waals surface area contributed by atoms with Gasteiger partial charge in [-0.25, -0.2) is 0 Å². The molecule has 5 fully saturated rings. The lowest BCUT2D eigenvalue weighted by Crippen LogP contribution is -2.45. The van der Waals surface area contributed by atoms with E-state index in [1.807, 2.05) is 34.1 Å². The van der Waals surface area contributed by atoms with E-state index in [9.17, 15) is 9.59 Å². The summed E-state index contributed by atoms with van der Waals surface area (Å²) in [5.74, 6) is 0.258. The van der Waals surface area contributed by atoms with Crippen molar-refractivity contribution in [3.8, 4) is 0 Å². The topological polar surface area (TPSA) is 72.0 Å². The second-order valence-electron chi connectivity index (χ2n) is 9.82. The SMILES string of the molecule is O=C([C@@H]1[C@@H]2C=C[C@@]3(CN(Cc4cccnc4)C(=O)[C@H]13)O2)N1C[C@@H]2[C@H](C1)[C@H]1CC[C@@H]2O1. The Hall–Kier alpha value is -2.25. The van der Waals surface area contributed by atoms with Crippen LogP contribution in [0.5, 0.6) is 0 Å². The molecule has 7 rings (SSSR count). The molecule has 5 saturated heterocycles. The summed E-state index contributed by atoms with van der Waals surface area (Å²) in [7, 11) is 0. The van der Waals surface area contributed by atoms with Crippen molar-refractivity contribution in [3.63, 3.8) is 0 Å². The summed E-state index contributed by atoms with van der Waals surface area (Å²) in [6, 6.07) is 3.85. The number of aromatic nitrogens is 1. The molecule has 7 heterocycles. The minimum Gasteiger partial charge on any atom is -0.374 e. The van der Waals surface area contributed by atoms with E-state index < -0.39 is 17.4 Å². The number of carbonyl (C=O) groups is 2. The first-order valence-electron chi connectivity index (χ1n) is 11.1. The Balaban J connectivity index is 1.14. The summed E-state index contributed by atoms with van der Waals surface area (Å²) in [4.78, 5) is 35.1. The fourth-order valence-corrected chi connectivity index (χ4v) is 7.06. The van der Waals surface area contributed by atoms with Crippen molar-refractivity contribution in [1.29, 1.82) is 0 Å². The number of pyridine rings is 1. The molecule has 0 radical (unpaired) electrons. The molecule has 7 heteroatoms. The maximum absolute atomic E-state index is 13.6. The van der Waals surface area contributed by atoms with Crippen LogP contribution in [0.2, 0.25) is 0 Å². The summed E-state index contributed by atoms with van der Waals surface area (Å²) in [5.41, 5.74) is 0.341. The number of likely N-dealkylation sites (tertiary alicyclic amines) is 2. The second-order valence-corrected chi connectivity index (χ2v) is 9.82. The van der Waals surface area contributed by atoms with E-state index in [2.05, 4.69) is 4.98 Å². The molecule has 6 aliphatic heterocycles. The Bertz CT molecular complexity index is 933. The molecule has 0 saturated carbocycles. The summed E-state index contributed by atoms with van der Waals surface area (Å²) in [6.07, 6.45) is 10.2. The molecule has 0 aromatic carbocycles. The van der Waals surface area contributed by atoms with Crippen molar-refractivity contribution < 1.29 is 19.1 Å². The van der Waals surface area contributed by atoms with E-state index >= 15 is 0 Å². The lowest BCUT2D eigenvalue weighted by Gasteiger charge is -2.28. The fraction of sp³-hybridized carbons (Fsp3) is 0.609. The number of amides is 2. The van der Waals surface area contributed by atoms with E-state index in [-0.39, 0.29) is 17.9 Å². The van der Waals surface area contributed by atoms with Crippen molar-refractivity contribution in [1.82, 2.24) is 14.8 Å². The standard InChI is InChI=1S/C23H25N3O4/c27-21(25-10-14-15(11-25)17-4-3-16(14)29-17)19-18-5-6-23(30-18)12-26(22(28)20(19)23)9-13-2-1-7-24-8-13/h1-2,5-8,14-20H,3-4,9-12H2/t14-,15+,16+,17-,18-,19+,20-,23-/m0/s1. The largest absolute Gasteiger partial charge is 0.374 e. The molecule has 2 amide bonds. The van der Waals surface area contributed by atoms with Gasteiger partial charge in [0.15, 0.2) is 0 Å². The van der Waals surface area contributed by atoms with Crippen molar-refractivity contribution in [2.75, 3.05) is 19.6 Å². The predicted molar refractivity (Wildman–Crippen MR) is 105 cm³/mol. The number of carbonyl (C=O) groups excluding carboxylic acids is 2. The second kappa shape index (κ2) is 5.92. The first kappa shape index (κ1) is 17.4. The van der Waals surface area contributed by atoms with Gasteiger partial charge >= 0.3 is 0 Å². The summed E-state index contributed by atoms with van der Waals surface area (Å²) < 4.78 is 12.4. The van der Waals surface area contributed by atoms with Gasteiger partial charge in [-0.15, -0.1) is 0 Å². The molecule has 30 heavy (non-hydrogen) atoms. The Morgan fingerprint density at radius 3 is 2.77 bits per heavy atom. The Kier molecular flexibility index (Phi) is 3.44. The lowest BCUT2D eigenvalue weighted by atomic mass is 9.76. The third kappa shape index (κ3) is 2.20. The van der Waals surface area contributed by atoms with Crippen molar-refractivity contribution >= 4 is 11.8 Å². The Morgan fingerprint density at radius 2 is 2.03 bits per heavy atom. The molecule has 8 atom stereocenters. The molecular formula is C23H25N3O4. The average Bonchev–Trinajstić information content (AvgIpc) is 3.56. The Labute approximate surface area is 175 Å². The molecule has 4 bridgehead atoms. The van der Waals surface area contributed by atoms with Crippen LogP contribution in [0, 0.1) is 23.7 Å². The quantitative estimate of drug-likeness (QED) is 0.699. The molecule has 1 aromatic heterocycles. The van der Waals surface area contributed by atoms with Crippen LogP contribution in [-0.2, 0) is 25.6 Å². The average molecular weight is 407 g/mol. The van der Waals surface area contributed by atoms with E-state index in [1.54, 1.807) is 12.4 Å². The third-order valence-electron chi connectivity index (χ3n) is 8.32. The minimum absolute atomic E-state index is 0.0341. The molecule has 0 N–H and O–H groups in total. The van der Waals surface area contributed by atoms with Crippen LogP contribution in [0.25, 0.3) is 0 Å². The molecule has 1 aromatic rings. The highest BCUT2D eigenvalue weighted by molar-refractivity contribution is 5.93. The molecule has 1 spiro atoms. The molecule has 6 aliphatic rings. The highest BCUT2D eigenvalue weighted by Crippen LogP contribution is 2.54. The van der Waals surface area contributed by atoms with Crippen molar-refractivity contribution in [2.24, 2.45) is 23.7 Å². The summed E-state index contributed by atoms with van der Waals surface area (Å²) in [6.45, 7) is 2.55.